The van der Waals surface area contributed by atoms with Crippen LogP contribution >= 0.6 is 0 Å². The van der Waals surface area contributed by atoms with E-state index < -0.39 is 5.97 Å². The molecule has 0 radical (unpaired) electrons. The molecule has 0 spiro atoms. The van der Waals surface area contributed by atoms with Crippen LogP contribution in [0.5, 0.6) is 0 Å². The number of nitrogens with zero attached hydrogens (tertiary/aromatic N) is 2. The van der Waals surface area contributed by atoms with Crippen LogP contribution in [0.1, 0.15) is 20.8 Å². The third kappa shape index (κ3) is 3.17. The van der Waals surface area contributed by atoms with Crippen LogP contribution in [-0.2, 0) is 7.05 Å². The van der Waals surface area contributed by atoms with Gasteiger partial charge < -0.3 is 10.4 Å². The molecule has 0 saturated heterocycles. The van der Waals surface area contributed by atoms with E-state index in [0.717, 1.165) is 5.56 Å². The predicted molar refractivity (Wildman–Crippen MR) is 90.0 cm³/mol. The molecule has 2 aromatic carbocycles. The maximum absolute atomic E-state index is 12.4. The molecule has 0 aliphatic rings. The van der Waals surface area contributed by atoms with Gasteiger partial charge in [-0.1, -0.05) is 30.3 Å². The van der Waals surface area contributed by atoms with Crippen molar-refractivity contribution >= 4 is 17.6 Å². The average molecular weight is 321 g/mol. The minimum Gasteiger partial charge on any atom is -0.478 e. The second-order valence-corrected chi connectivity index (χ2v) is 5.24. The number of rotatable bonds is 4. The highest BCUT2D eigenvalue weighted by Crippen LogP contribution is 2.19. The molecule has 1 aromatic heterocycles. The first kappa shape index (κ1) is 15.5. The normalized spacial score (nSPS) is 10.4. The van der Waals surface area contributed by atoms with Crippen molar-refractivity contribution in [3.05, 3.63) is 71.9 Å². The van der Waals surface area contributed by atoms with Crippen LogP contribution in [0.2, 0.25) is 0 Å². The highest BCUT2D eigenvalue weighted by atomic mass is 16.4. The van der Waals surface area contributed by atoms with Crippen LogP contribution in [0.25, 0.3) is 11.3 Å². The SMILES string of the molecule is Cn1nc(-c2ccccc2)cc1C(=O)Nc1ccc(C(=O)O)cc1. The average Bonchev–Trinajstić information content (AvgIpc) is 2.98. The van der Waals surface area contributed by atoms with E-state index in [1.807, 2.05) is 30.3 Å². The molecule has 0 aliphatic heterocycles. The van der Waals surface area contributed by atoms with Gasteiger partial charge in [-0.15, -0.1) is 0 Å². The van der Waals surface area contributed by atoms with Crippen LogP contribution in [0.3, 0.4) is 0 Å². The molecule has 3 aromatic rings. The van der Waals surface area contributed by atoms with Gasteiger partial charge in [-0.05, 0) is 30.3 Å². The zero-order valence-corrected chi connectivity index (χ0v) is 12.9. The lowest BCUT2D eigenvalue weighted by molar-refractivity contribution is 0.0696. The monoisotopic (exact) mass is 321 g/mol. The lowest BCUT2D eigenvalue weighted by Gasteiger charge is -2.05. The van der Waals surface area contributed by atoms with Crippen LogP contribution in [0.15, 0.2) is 60.7 Å². The number of benzene rings is 2. The summed E-state index contributed by atoms with van der Waals surface area (Å²) in [6.45, 7) is 0. The summed E-state index contributed by atoms with van der Waals surface area (Å²) < 4.78 is 1.52. The van der Waals surface area contributed by atoms with Crippen molar-refractivity contribution in [1.29, 1.82) is 0 Å². The van der Waals surface area contributed by atoms with Crippen molar-refractivity contribution in [3.63, 3.8) is 0 Å². The van der Waals surface area contributed by atoms with E-state index in [0.29, 0.717) is 17.1 Å². The number of aryl methyl sites for hydroxylation is 1. The molecule has 0 saturated carbocycles. The lowest BCUT2D eigenvalue weighted by atomic mass is 10.1. The van der Waals surface area contributed by atoms with E-state index in [1.54, 1.807) is 25.2 Å². The number of carboxylic acids is 1. The summed E-state index contributed by atoms with van der Waals surface area (Å²) in [4.78, 5) is 23.2. The van der Waals surface area contributed by atoms with Gasteiger partial charge in [-0.2, -0.15) is 5.10 Å². The number of nitrogens with one attached hydrogen (secondary N) is 1. The molecule has 6 nitrogen and oxygen atoms in total. The summed E-state index contributed by atoms with van der Waals surface area (Å²) in [6.07, 6.45) is 0. The number of hydrogen-bond donors (Lipinski definition) is 2. The van der Waals surface area contributed by atoms with E-state index in [4.69, 9.17) is 5.11 Å². The van der Waals surface area contributed by atoms with Crippen LogP contribution in [0.4, 0.5) is 5.69 Å². The fourth-order valence-corrected chi connectivity index (χ4v) is 2.32. The third-order valence-electron chi connectivity index (χ3n) is 3.57. The molecule has 1 amide bonds. The molecule has 2 N–H and O–H groups in total. The quantitative estimate of drug-likeness (QED) is 0.773. The summed E-state index contributed by atoms with van der Waals surface area (Å²) in [6, 6.07) is 17.3. The Kier molecular flexibility index (Phi) is 4.11. The number of amides is 1. The number of carboxylic acid groups (broad SMARTS) is 1. The number of hydrogen-bond acceptors (Lipinski definition) is 3. The largest absolute Gasteiger partial charge is 0.478 e. The van der Waals surface area contributed by atoms with Gasteiger partial charge in [0.1, 0.15) is 5.69 Å². The molecule has 6 heteroatoms. The van der Waals surface area contributed by atoms with Gasteiger partial charge in [0.25, 0.3) is 5.91 Å². The second-order valence-electron chi connectivity index (χ2n) is 5.24. The van der Waals surface area contributed by atoms with E-state index in [9.17, 15) is 9.59 Å². The Bertz CT molecular complexity index is 884. The van der Waals surface area contributed by atoms with Gasteiger partial charge in [-0.25, -0.2) is 4.79 Å². The molecule has 120 valence electrons. The minimum absolute atomic E-state index is 0.167. The number of aromatic nitrogens is 2. The smallest absolute Gasteiger partial charge is 0.335 e. The van der Waals surface area contributed by atoms with E-state index in [1.165, 1.54) is 16.8 Å². The Morgan fingerprint density at radius 1 is 1.04 bits per heavy atom. The molecule has 24 heavy (non-hydrogen) atoms. The molecule has 0 atom stereocenters. The van der Waals surface area contributed by atoms with Gasteiger partial charge in [0, 0.05) is 18.3 Å². The Morgan fingerprint density at radius 2 is 1.71 bits per heavy atom. The lowest BCUT2D eigenvalue weighted by Crippen LogP contribution is -2.16. The summed E-state index contributed by atoms with van der Waals surface area (Å²) >= 11 is 0. The van der Waals surface area contributed by atoms with Crippen molar-refractivity contribution in [3.8, 4) is 11.3 Å². The molecular weight excluding hydrogens is 306 g/mol. The fourth-order valence-electron chi connectivity index (χ4n) is 2.32. The second kappa shape index (κ2) is 6.37. The predicted octanol–water partition coefficient (Wildman–Crippen LogP) is 3.04. The minimum atomic E-state index is -1.01. The number of carbonyl (C=O) groups excluding carboxylic acids is 1. The number of carbonyl (C=O) groups is 2. The molecule has 0 aliphatic carbocycles. The molecule has 3 rings (SSSR count). The van der Waals surface area contributed by atoms with Crippen LogP contribution in [-0.4, -0.2) is 26.8 Å². The first-order valence-corrected chi connectivity index (χ1v) is 7.29. The topological polar surface area (TPSA) is 84.2 Å². The Balaban J connectivity index is 1.80. The van der Waals surface area contributed by atoms with Gasteiger partial charge in [0.05, 0.1) is 11.3 Å². The Labute approximate surface area is 138 Å². The maximum Gasteiger partial charge on any atom is 0.335 e. The van der Waals surface area contributed by atoms with Gasteiger partial charge in [0.2, 0.25) is 0 Å². The first-order chi connectivity index (χ1) is 11.5. The van der Waals surface area contributed by atoms with Crippen molar-refractivity contribution in [2.45, 2.75) is 0 Å². The zero-order valence-electron chi connectivity index (χ0n) is 12.9. The van der Waals surface area contributed by atoms with E-state index in [2.05, 4.69) is 10.4 Å². The summed E-state index contributed by atoms with van der Waals surface area (Å²) in [7, 11) is 1.70. The number of anilines is 1. The Hall–Kier alpha value is -3.41. The fraction of sp³-hybridized carbons (Fsp3) is 0.0556. The molecule has 1 heterocycles. The third-order valence-corrected chi connectivity index (χ3v) is 3.57. The van der Waals surface area contributed by atoms with Gasteiger partial charge >= 0.3 is 5.97 Å². The first-order valence-electron chi connectivity index (χ1n) is 7.29. The van der Waals surface area contributed by atoms with Crippen LogP contribution in [0, 0.1) is 0 Å². The summed E-state index contributed by atoms with van der Waals surface area (Å²) in [5, 5.41) is 16.0. The van der Waals surface area contributed by atoms with Gasteiger partial charge in [-0.3, -0.25) is 9.48 Å². The van der Waals surface area contributed by atoms with E-state index in [-0.39, 0.29) is 11.5 Å². The summed E-state index contributed by atoms with van der Waals surface area (Å²) in [5.41, 5.74) is 2.74. The molecule has 0 unspecified atom stereocenters. The molecule has 0 bridgehead atoms. The molecular formula is C18H15N3O3. The maximum atomic E-state index is 12.4. The Morgan fingerprint density at radius 3 is 2.33 bits per heavy atom. The van der Waals surface area contributed by atoms with Crippen molar-refractivity contribution in [2.24, 2.45) is 7.05 Å². The van der Waals surface area contributed by atoms with E-state index >= 15 is 0 Å². The van der Waals surface area contributed by atoms with Crippen molar-refractivity contribution < 1.29 is 14.7 Å². The van der Waals surface area contributed by atoms with Crippen molar-refractivity contribution in [1.82, 2.24) is 9.78 Å². The van der Waals surface area contributed by atoms with Crippen LogP contribution < -0.4 is 5.32 Å². The molecule has 0 fully saturated rings. The highest BCUT2D eigenvalue weighted by Gasteiger charge is 2.14. The highest BCUT2D eigenvalue weighted by molar-refractivity contribution is 6.03. The zero-order chi connectivity index (χ0) is 17.1. The standard InChI is InChI=1S/C18H15N3O3/c1-21-16(11-15(20-21)12-5-3-2-4-6-12)17(22)19-14-9-7-13(8-10-14)18(23)24/h2-11H,1H3,(H,19,22)(H,23,24). The number of aromatic carboxylic acids is 1. The summed E-state index contributed by atoms with van der Waals surface area (Å²) in [5.74, 6) is -1.32. The van der Waals surface area contributed by atoms with Crippen molar-refractivity contribution in [2.75, 3.05) is 5.32 Å². The van der Waals surface area contributed by atoms with Gasteiger partial charge in [0.15, 0.2) is 0 Å².